The van der Waals surface area contributed by atoms with Gasteiger partial charge >= 0.3 is 5.97 Å². The number of carboxylic acid groups (broad SMARTS) is 1. The highest BCUT2D eigenvalue weighted by atomic mass is 19.1. The molecule has 6 heteroatoms. The van der Waals surface area contributed by atoms with E-state index in [2.05, 4.69) is 0 Å². The van der Waals surface area contributed by atoms with Gasteiger partial charge in [0.1, 0.15) is 0 Å². The number of aliphatic carboxylic acids is 1. The van der Waals surface area contributed by atoms with Crippen LogP contribution in [0.1, 0.15) is 34.7 Å². The largest absolute Gasteiger partial charge is 0.479 e. The molecule has 1 aromatic carbocycles. The average molecular weight is 307 g/mol. The van der Waals surface area contributed by atoms with E-state index in [9.17, 15) is 14.0 Å². The Morgan fingerprint density at radius 3 is 2.86 bits per heavy atom. The zero-order chi connectivity index (χ0) is 15.7. The smallest absolute Gasteiger partial charge is 0.343 e. The van der Waals surface area contributed by atoms with Gasteiger partial charge in [-0.05, 0) is 24.1 Å². The molecule has 5 nitrogen and oxygen atoms in total. The van der Waals surface area contributed by atoms with Gasteiger partial charge in [0.15, 0.2) is 0 Å². The molecule has 0 radical (unpaired) electrons. The monoisotopic (exact) mass is 307 g/mol. The summed E-state index contributed by atoms with van der Waals surface area (Å²) in [6.45, 7) is 1.10. The number of likely N-dealkylation sites (tertiary alicyclic amines) is 1. The fourth-order valence-electron chi connectivity index (χ4n) is 3.03. The van der Waals surface area contributed by atoms with E-state index in [1.165, 1.54) is 4.90 Å². The third-order valence-electron chi connectivity index (χ3n) is 4.42. The van der Waals surface area contributed by atoms with Gasteiger partial charge in [-0.25, -0.2) is 9.18 Å². The molecule has 1 aromatic rings. The molecule has 3 rings (SSSR count). The van der Waals surface area contributed by atoms with Crippen LogP contribution in [-0.2, 0) is 9.53 Å². The quantitative estimate of drug-likeness (QED) is 0.925. The van der Waals surface area contributed by atoms with E-state index < -0.39 is 18.2 Å². The van der Waals surface area contributed by atoms with Crippen LogP contribution in [0.2, 0.25) is 0 Å². The maximum absolute atomic E-state index is 14.1. The number of halogens is 1. The Labute approximate surface area is 127 Å². The maximum atomic E-state index is 14.1. The van der Waals surface area contributed by atoms with Gasteiger partial charge in [-0.1, -0.05) is 12.1 Å². The first kappa shape index (κ1) is 15.0. The maximum Gasteiger partial charge on any atom is 0.343 e. The molecular weight excluding hydrogens is 289 g/mol. The minimum Gasteiger partial charge on any atom is -0.479 e. The Balaban J connectivity index is 1.75. The predicted octanol–water partition coefficient (Wildman–Crippen LogP) is 1.83. The van der Waals surface area contributed by atoms with Crippen molar-refractivity contribution in [2.24, 2.45) is 0 Å². The highest BCUT2D eigenvalue weighted by Gasteiger charge is 2.47. The fourth-order valence-corrected chi connectivity index (χ4v) is 3.03. The molecule has 0 aliphatic carbocycles. The second-order valence-corrected chi connectivity index (χ2v) is 5.93. The lowest BCUT2D eigenvalue weighted by Crippen LogP contribution is -2.38. The number of nitrogens with zero attached hydrogens (tertiary/aromatic N) is 1. The summed E-state index contributed by atoms with van der Waals surface area (Å²) in [4.78, 5) is 24.7. The second kappa shape index (κ2) is 5.68. The van der Waals surface area contributed by atoms with Crippen LogP contribution in [0, 0.1) is 0 Å². The third kappa shape index (κ3) is 2.70. The van der Waals surface area contributed by atoms with E-state index in [4.69, 9.17) is 9.84 Å². The summed E-state index contributed by atoms with van der Waals surface area (Å²) in [6.07, 6.45) is 0.762. The van der Waals surface area contributed by atoms with Crippen molar-refractivity contribution >= 4 is 11.9 Å². The summed E-state index contributed by atoms with van der Waals surface area (Å²) in [5.41, 5.74) is -0.821. The molecule has 2 saturated heterocycles. The van der Waals surface area contributed by atoms with Crippen LogP contribution in [0.25, 0.3) is 0 Å². The molecule has 1 amide bonds. The van der Waals surface area contributed by atoms with E-state index >= 15 is 0 Å². The molecular formula is C16H18FNO4. The zero-order valence-electron chi connectivity index (χ0n) is 12.1. The first-order valence-corrected chi connectivity index (χ1v) is 7.39. The first-order valence-electron chi connectivity index (χ1n) is 7.39. The third-order valence-corrected chi connectivity index (χ3v) is 4.42. The van der Waals surface area contributed by atoms with E-state index in [1.54, 1.807) is 18.2 Å². The number of carbonyl (C=O) groups is 2. The molecule has 0 bridgehead atoms. The van der Waals surface area contributed by atoms with Gasteiger partial charge in [0.25, 0.3) is 5.91 Å². The molecule has 1 N–H and O–H groups in total. The number of carboxylic acids is 1. The summed E-state index contributed by atoms with van der Waals surface area (Å²) in [7, 11) is 0. The second-order valence-electron chi connectivity index (χ2n) is 5.93. The van der Waals surface area contributed by atoms with Crippen LogP contribution < -0.4 is 0 Å². The van der Waals surface area contributed by atoms with Crippen molar-refractivity contribution in [2.45, 2.75) is 24.4 Å². The summed E-state index contributed by atoms with van der Waals surface area (Å²) in [5, 5.41) is 8.90. The number of amides is 1. The van der Waals surface area contributed by atoms with Crippen LogP contribution in [0.5, 0.6) is 0 Å². The van der Waals surface area contributed by atoms with E-state index in [0.29, 0.717) is 12.2 Å². The number of hydrogen-bond donors (Lipinski definition) is 1. The molecule has 2 aliphatic heterocycles. The number of hydrogen-bond acceptors (Lipinski definition) is 3. The van der Waals surface area contributed by atoms with Crippen molar-refractivity contribution in [3.05, 3.63) is 35.4 Å². The summed E-state index contributed by atoms with van der Waals surface area (Å²) in [5.74, 6) is -1.54. The SMILES string of the molecule is O=C(c1cccc(C2CCOC2)c1)N1CCC(F)(C(=O)O)C1. The normalized spacial score (nSPS) is 28.0. The summed E-state index contributed by atoms with van der Waals surface area (Å²) < 4.78 is 19.4. The number of benzene rings is 1. The molecule has 0 spiro atoms. The number of carbonyl (C=O) groups excluding carboxylic acids is 1. The van der Waals surface area contributed by atoms with E-state index in [0.717, 1.165) is 18.6 Å². The fraction of sp³-hybridized carbons (Fsp3) is 0.500. The lowest BCUT2D eigenvalue weighted by atomic mass is 9.96. The molecule has 0 aromatic heterocycles. The van der Waals surface area contributed by atoms with Crippen molar-refractivity contribution in [1.29, 1.82) is 0 Å². The van der Waals surface area contributed by atoms with Crippen LogP contribution >= 0.6 is 0 Å². The molecule has 118 valence electrons. The average Bonchev–Trinajstić information content (AvgIpc) is 3.17. The predicted molar refractivity (Wildman–Crippen MR) is 76.6 cm³/mol. The van der Waals surface area contributed by atoms with Gasteiger partial charge in [0.2, 0.25) is 5.67 Å². The highest BCUT2D eigenvalue weighted by molar-refractivity contribution is 5.95. The highest BCUT2D eigenvalue weighted by Crippen LogP contribution is 2.29. The number of rotatable bonds is 3. The van der Waals surface area contributed by atoms with Crippen LogP contribution in [0.4, 0.5) is 4.39 Å². The van der Waals surface area contributed by atoms with Gasteiger partial charge in [0.05, 0.1) is 13.2 Å². The van der Waals surface area contributed by atoms with Gasteiger partial charge < -0.3 is 14.7 Å². The molecule has 22 heavy (non-hydrogen) atoms. The van der Waals surface area contributed by atoms with Gasteiger partial charge in [0, 0.05) is 31.1 Å². The first-order chi connectivity index (χ1) is 10.5. The molecule has 2 fully saturated rings. The lowest BCUT2D eigenvalue weighted by Gasteiger charge is -2.18. The van der Waals surface area contributed by atoms with Gasteiger partial charge in [-0.2, -0.15) is 0 Å². The standard InChI is InChI=1S/C16H18FNO4/c17-16(15(20)21)5-6-18(10-16)14(19)12-3-1-2-11(8-12)13-4-7-22-9-13/h1-3,8,13H,4-7,9-10H2,(H,20,21). The Morgan fingerprint density at radius 1 is 1.41 bits per heavy atom. The zero-order valence-corrected chi connectivity index (χ0v) is 12.1. The Bertz CT molecular complexity index is 600. The topological polar surface area (TPSA) is 66.8 Å². The molecule has 2 unspecified atom stereocenters. The molecule has 2 aliphatic rings. The van der Waals surface area contributed by atoms with Crippen molar-refractivity contribution in [3.8, 4) is 0 Å². The Morgan fingerprint density at radius 2 is 2.23 bits per heavy atom. The number of ether oxygens (including phenoxy) is 1. The Kier molecular flexibility index (Phi) is 3.87. The molecule has 0 saturated carbocycles. The van der Waals surface area contributed by atoms with Crippen LogP contribution in [-0.4, -0.2) is 53.9 Å². The number of alkyl halides is 1. The van der Waals surface area contributed by atoms with E-state index in [1.807, 2.05) is 6.07 Å². The lowest BCUT2D eigenvalue weighted by molar-refractivity contribution is -0.149. The van der Waals surface area contributed by atoms with Crippen molar-refractivity contribution in [1.82, 2.24) is 4.90 Å². The molecule has 2 atom stereocenters. The summed E-state index contributed by atoms with van der Waals surface area (Å²) in [6, 6.07) is 7.25. The minimum absolute atomic E-state index is 0.123. The van der Waals surface area contributed by atoms with E-state index in [-0.39, 0.29) is 24.8 Å². The van der Waals surface area contributed by atoms with Crippen LogP contribution in [0.3, 0.4) is 0 Å². The molecule has 2 heterocycles. The Hall–Kier alpha value is -1.95. The van der Waals surface area contributed by atoms with Gasteiger partial charge in [-0.3, -0.25) is 4.79 Å². The minimum atomic E-state index is -2.33. The summed E-state index contributed by atoms with van der Waals surface area (Å²) >= 11 is 0. The van der Waals surface area contributed by atoms with Crippen molar-refractivity contribution in [3.63, 3.8) is 0 Å². The van der Waals surface area contributed by atoms with Crippen molar-refractivity contribution < 1.29 is 23.8 Å². The van der Waals surface area contributed by atoms with Crippen molar-refractivity contribution in [2.75, 3.05) is 26.3 Å². The van der Waals surface area contributed by atoms with Gasteiger partial charge in [-0.15, -0.1) is 0 Å². The van der Waals surface area contributed by atoms with Crippen LogP contribution in [0.15, 0.2) is 24.3 Å².